The van der Waals surface area contributed by atoms with E-state index in [1.54, 1.807) is 30.9 Å². The highest BCUT2D eigenvalue weighted by molar-refractivity contribution is 7.89. The number of hydrogen-bond acceptors (Lipinski definition) is 4. The van der Waals surface area contributed by atoms with Gasteiger partial charge in [0.15, 0.2) is 0 Å². The minimum Gasteiger partial charge on any atom is -0.367 e. The Bertz CT molecular complexity index is 937. The van der Waals surface area contributed by atoms with Crippen molar-refractivity contribution in [1.82, 2.24) is 9.62 Å². The van der Waals surface area contributed by atoms with E-state index in [-0.39, 0.29) is 16.8 Å². The van der Waals surface area contributed by atoms with Crippen LogP contribution < -0.4 is 9.62 Å². The van der Waals surface area contributed by atoms with Gasteiger partial charge in [0, 0.05) is 37.8 Å². The fraction of sp³-hybridized carbons (Fsp3) is 0.350. The molecule has 1 N–H and O–H groups in total. The highest BCUT2D eigenvalue weighted by Gasteiger charge is 2.24. The molecule has 0 spiro atoms. The molecule has 28 heavy (non-hydrogen) atoms. The van der Waals surface area contributed by atoms with E-state index in [2.05, 4.69) is 9.62 Å². The highest BCUT2D eigenvalue weighted by Crippen LogP contribution is 2.26. The number of nitrogens with one attached hydrogen (secondary N) is 1. The van der Waals surface area contributed by atoms with Crippen molar-refractivity contribution in [2.24, 2.45) is 0 Å². The number of benzene rings is 2. The Morgan fingerprint density at radius 2 is 1.61 bits per heavy atom. The Kier molecular flexibility index (Phi) is 6.27. The summed E-state index contributed by atoms with van der Waals surface area (Å²) in [5.74, 6) is -0.0976. The van der Waals surface area contributed by atoms with Gasteiger partial charge in [-0.1, -0.05) is 23.7 Å². The molecule has 0 unspecified atom stereocenters. The third-order valence-electron chi connectivity index (χ3n) is 4.56. The van der Waals surface area contributed by atoms with E-state index in [9.17, 15) is 13.2 Å². The lowest BCUT2D eigenvalue weighted by molar-refractivity contribution is 0.0746. The summed E-state index contributed by atoms with van der Waals surface area (Å²) in [7, 11) is -3.56. The van der Waals surface area contributed by atoms with Crippen molar-refractivity contribution < 1.29 is 13.2 Å². The predicted octanol–water partition coefficient (Wildman–Crippen LogP) is 2.99. The molecule has 1 fully saturated rings. The van der Waals surface area contributed by atoms with E-state index in [0.717, 1.165) is 5.69 Å². The van der Waals surface area contributed by atoms with Crippen LogP contribution in [-0.2, 0) is 10.0 Å². The molecule has 1 aliphatic heterocycles. The summed E-state index contributed by atoms with van der Waals surface area (Å²) in [6, 6.07) is 13.6. The highest BCUT2D eigenvalue weighted by atomic mass is 35.5. The first kappa shape index (κ1) is 20.6. The fourth-order valence-electron chi connectivity index (χ4n) is 3.20. The molecule has 0 aliphatic carbocycles. The van der Waals surface area contributed by atoms with Gasteiger partial charge < -0.3 is 9.80 Å². The van der Waals surface area contributed by atoms with Crippen LogP contribution in [-0.4, -0.2) is 51.4 Å². The second kappa shape index (κ2) is 8.51. The van der Waals surface area contributed by atoms with Crippen LogP contribution in [0.2, 0.25) is 5.02 Å². The van der Waals surface area contributed by atoms with Gasteiger partial charge in [0.05, 0.1) is 15.6 Å². The summed E-state index contributed by atoms with van der Waals surface area (Å²) >= 11 is 6.26. The average molecular weight is 422 g/mol. The monoisotopic (exact) mass is 421 g/mol. The molecule has 1 amide bonds. The molecular weight excluding hydrogens is 398 g/mol. The number of anilines is 1. The average Bonchev–Trinajstić information content (AvgIpc) is 2.67. The van der Waals surface area contributed by atoms with E-state index < -0.39 is 10.0 Å². The van der Waals surface area contributed by atoms with Crippen molar-refractivity contribution in [3.8, 4) is 0 Å². The van der Waals surface area contributed by atoms with Crippen LogP contribution >= 0.6 is 11.6 Å². The number of sulfonamides is 1. The van der Waals surface area contributed by atoms with Crippen LogP contribution in [0.25, 0.3) is 0 Å². The van der Waals surface area contributed by atoms with Gasteiger partial charge in [-0.15, -0.1) is 0 Å². The summed E-state index contributed by atoms with van der Waals surface area (Å²) in [6.07, 6.45) is 0. The Hall–Kier alpha value is -2.09. The number of carbonyl (C=O) groups is 1. The van der Waals surface area contributed by atoms with Gasteiger partial charge in [-0.05, 0) is 50.2 Å². The molecule has 0 atom stereocenters. The van der Waals surface area contributed by atoms with Crippen molar-refractivity contribution in [2.75, 3.05) is 31.1 Å². The molecule has 0 bridgehead atoms. The minimum atomic E-state index is -3.56. The predicted molar refractivity (Wildman–Crippen MR) is 111 cm³/mol. The first-order chi connectivity index (χ1) is 13.3. The quantitative estimate of drug-likeness (QED) is 0.805. The Labute approximate surface area is 171 Å². The molecule has 2 aromatic carbocycles. The van der Waals surface area contributed by atoms with E-state index >= 15 is 0 Å². The lowest BCUT2D eigenvalue weighted by atomic mass is 10.1. The van der Waals surface area contributed by atoms with Crippen LogP contribution in [0.5, 0.6) is 0 Å². The van der Waals surface area contributed by atoms with Gasteiger partial charge in [0.25, 0.3) is 5.91 Å². The molecule has 0 saturated carbocycles. The van der Waals surface area contributed by atoms with Crippen LogP contribution in [0.4, 0.5) is 5.69 Å². The van der Waals surface area contributed by atoms with Crippen molar-refractivity contribution in [2.45, 2.75) is 24.8 Å². The van der Waals surface area contributed by atoms with Crippen LogP contribution in [0.3, 0.4) is 0 Å². The summed E-state index contributed by atoms with van der Waals surface area (Å²) in [5, 5.41) is 0.703. The second-order valence-corrected chi connectivity index (χ2v) is 9.15. The largest absolute Gasteiger partial charge is 0.367 e. The van der Waals surface area contributed by atoms with Crippen molar-refractivity contribution in [3.63, 3.8) is 0 Å². The topological polar surface area (TPSA) is 69.7 Å². The zero-order chi connectivity index (χ0) is 20.3. The maximum Gasteiger partial charge on any atom is 0.253 e. The Morgan fingerprint density at radius 1 is 1.00 bits per heavy atom. The van der Waals surface area contributed by atoms with E-state index in [4.69, 9.17) is 11.6 Å². The number of nitrogens with zero attached hydrogens (tertiary/aromatic N) is 2. The number of amides is 1. The third-order valence-corrected chi connectivity index (χ3v) is 6.56. The lowest BCUT2D eigenvalue weighted by Gasteiger charge is -2.36. The molecule has 1 aliphatic rings. The van der Waals surface area contributed by atoms with Crippen molar-refractivity contribution in [1.29, 1.82) is 0 Å². The molecule has 3 rings (SSSR count). The second-order valence-electron chi connectivity index (χ2n) is 7.03. The fourth-order valence-corrected chi connectivity index (χ4v) is 4.70. The third kappa shape index (κ3) is 4.66. The lowest BCUT2D eigenvalue weighted by Crippen LogP contribution is -2.48. The zero-order valence-corrected chi connectivity index (χ0v) is 17.5. The van der Waals surface area contributed by atoms with E-state index in [1.165, 1.54) is 12.1 Å². The standard InChI is InChI=1S/C20H24ClN3O3S/c1-15(2)22-28(26,27)17-9-7-16(8-10-17)20(25)24-13-11-23(12-14-24)19-6-4-3-5-18(19)21/h3-10,15,22H,11-14H2,1-2H3. The van der Waals surface area contributed by atoms with Gasteiger partial charge >= 0.3 is 0 Å². The summed E-state index contributed by atoms with van der Waals surface area (Å²) < 4.78 is 26.9. The maximum absolute atomic E-state index is 12.8. The van der Waals surface area contributed by atoms with Gasteiger partial charge in [-0.25, -0.2) is 13.1 Å². The number of halogens is 1. The summed E-state index contributed by atoms with van der Waals surface area (Å²) in [6.45, 7) is 6.08. The molecular formula is C20H24ClN3O3S. The number of piperazine rings is 1. The molecule has 2 aromatic rings. The molecule has 0 aromatic heterocycles. The van der Waals surface area contributed by atoms with E-state index in [0.29, 0.717) is 36.8 Å². The molecule has 1 heterocycles. The summed E-state index contributed by atoms with van der Waals surface area (Å²) in [5.41, 5.74) is 1.46. The SMILES string of the molecule is CC(C)NS(=O)(=O)c1ccc(C(=O)N2CCN(c3ccccc3Cl)CC2)cc1. The van der Waals surface area contributed by atoms with Crippen LogP contribution in [0.1, 0.15) is 24.2 Å². The number of para-hydroxylation sites is 1. The summed E-state index contributed by atoms with van der Waals surface area (Å²) in [4.78, 5) is 16.9. The minimum absolute atomic E-state index is 0.0976. The Morgan fingerprint density at radius 3 is 2.18 bits per heavy atom. The first-order valence-electron chi connectivity index (χ1n) is 9.19. The molecule has 6 nitrogen and oxygen atoms in total. The van der Waals surface area contributed by atoms with Crippen molar-refractivity contribution in [3.05, 3.63) is 59.1 Å². The van der Waals surface area contributed by atoms with Gasteiger partial charge in [0.2, 0.25) is 10.0 Å². The number of hydrogen-bond donors (Lipinski definition) is 1. The van der Waals surface area contributed by atoms with Gasteiger partial charge in [-0.2, -0.15) is 0 Å². The van der Waals surface area contributed by atoms with Crippen LogP contribution in [0, 0.1) is 0 Å². The van der Waals surface area contributed by atoms with E-state index in [1.807, 2.05) is 24.3 Å². The number of carbonyl (C=O) groups excluding carboxylic acids is 1. The molecule has 0 radical (unpaired) electrons. The molecule has 150 valence electrons. The zero-order valence-electron chi connectivity index (χ0n) is 15.9. The first-order valence-corrected chi connectivity index (χ1v) is 11.1. The molecule has 1 saturated heterocycles. The normalized spacial score (nSPS) is 15.1. The van der Waals surface area contributed by atoms with Gasteiger partial charge in [-0.3, -0.25) is 4.79 Å². The smallest absolute Gasteiger partial charge is 0.253 e. The molecule has 8 heteroatoms. The Balaban J connectivity index is 1.65. The maximum atomic E-state index is 12.8. The van der Waals surface area contributed by atoms with Crippen LogP contribution in [0.15, 0.2) is 53.4 Å². The van der Waals surface area contributed by atoms with Gasteiger partial charge in [0.1, 0.15) is 0 Å². The number of rotatable bonds is 5. The van der Waals surface area contributed by atoms with Crippen molar-refractivity contribution >= 4 is 33.2 Å².